The molecular formula is C23H23BrN2O4S. The van der Waals surface area contributed by atoms with Crippen molar-refractivity contribution in [3.63, 3.8) is 0 Å². The molecule has 1 amide bonds. The van der Waals surface area contributed by atoms with Gasteiger partial charge in [-0.2, -0.15) is 0 Å². The Morgan fingerprint density at radius 1 is 1.03 bits per heavy atom. The number of aryl methyl sites for hydroxylation is 1. The molecule has 0 aliphatic rings. The van der Waals surface area contributed by atoms with Gasteiger partial charge in [-0.3, -0.25) is 9.10 Å². The minimum absolute atomic E-state index is 0.112. The van der Waals surface area contributed by atoms with Gasteiger partial charge in [0.05, 0.1) is 22.9 Å². The predicted molar refractivity (Wildman–Crippen MR) is 126 cm³/mol. The molecule has 6 nitrogen and oxygen atoms in total. The van der Waals surface area contributed by atoms with E-state index in [1.165, 1.54) is 12.1 Å². The third kappa shape index (κ3) is 5.65. The highest BCUT2D eigenvalue weighted by Crippen LogP contribution is 2.28. The predicted octanol–water partition coefficient (Wildman–Crippen LogP) is 4.99. The Morgan fingerprint density at radius 3 is 2.42 bits per heavy atom. The first-order chi connectivity index (χ1) is 14.8. The molecule has 0 heterocycles. The summed E-state index contributed by atoms with van der Waals surface area (Å²) >= 11 is 3.37. The molecule has 0 saturated carbocycles. The minimum atomic E-state index is -3.97. The second-order valence-electron chi connectivity index (χ2n) is 6.78. The number of amides is 1. The van der Waals surface area contributed by atoms with Crippen molar-refractivity contribution in [2.24, 2.45) is 0 Å². The van der Waals surface area contributed by atoms with Crippen LogP contribution in [0.5, 0.6) is 5.75 Å². The van der Waals surface area contributed by atoms with E-state index in [9.17, 15) is 13.2 Å². The summed E-state index contributed by atoms with van der Waals surface area (Å²) in [7, 11) is -3.97. The lowest BCUT2D eigenvalue weighted by molar-refractivity contribution is -0.114. The van der Waals surface area contributed by atoms with Crippen LogP contribution in [0.15, 0.2) is 82.2 Å². The highest BCUT2D eigenvalue weighted by atomic mass is 79.9. The van der Waals surface area contributed by atoms with Gasteiger partial charge in [-0.1, -0.05) is 51.8 Å². The molecule has 0 aliphatic heterocycles. The van der Waals surface area contributed by atoms with Crippen molar-refractivity contribution in [3.05, 3.63) is 82.8 Å². The van der Waals surface area contributed by atoms with Crippen LogP contribution in [0.2, 0.25) is 0 Å². The third-order valence-corrected chi connectivity index (χ3v) is 6.73. The van der Waals surface area contributed by atoms with Crippen LogP contribution in [0.4, 0.5) is 11.4 Å². The summed E-state index contributed by atoms with van der Waals surface area (Å²) in [5.74, 6) is 0.0385. The molecule has 0 radical (unpaired) electrons. The van der Waals surface area contributed by atoms with E-state index in [1.807, 2.05) is 13.8 Å². The lowest BCUT2D eigenvalue weighted by Gasteiger charge is -2.24. The first-order valence-electron chi connectivity index (χ1n) is 9.68. The fraction of sp³-hybridized carbons (Fsp3) is 0.174. The van der Waals surface area contributed by atoms with E-state index in [0.29, 0.717) is 28.2 Å². The molecular weight excluding hydrogens is 480 g/mol. The Bertz CT molecular complexity index is 1160. The third-order valence-electron chi connectivity index (χ3n) is 4.45. The van der Waals surface area contributed by atoms with Crippen molar-refractivity contribution in [3.8, 4) is 5.75 Å². The van der Waals surface area contributed by atoms with Crippen LogP contribution < -0.4 is 14.4 Å². The van der Waals surface area contributed by atoms with Crippen LogP contribution in [0.3, 0.4) is 0 Å². The number of nitrogens with one attached hydrogen (secondary N) is 1. The van der Waals surface area contributed by atoms with Crippen molar-refractivity contribution in [2.75, 3.05) is 22.8 Å². The highest BCUT2D eigenvalue weighted by Gasteiger charge is 2.27. The number of hydrogen-bond donors (Lipinski definition) is 1. The van der Waals surface area contributed by atoms with Gasteiger partial charge in [0.2, 0.25) is 5.91 Å². The smallest absolute Gasteiger partial charge is 0.264 e. The van der Waals surface area contributed by atoms with Gasteiger partial charge < -0.3 is 10.1 Å². The van der Waals surface area contributed by atoms with E-state index >= 15 is 0 Å². The molecule has 8 heteroatoms. The summed E-state index contributed by atoms with van der Waals surface area (Å²) < 4.78 is 34.2. The number of ether oxygens (including phenoxy) is 1. The summed E-state index contributed by atoms with van der Waals surface area (Å²) in [5, 5.41) is 2.76. The number of para-hydroxylation sites is 2. The fourth-order valence-electron chi connectivity index (χ4n) is 2.96. The van der Waals surface area contributed by atoms with Crippen molar-refractivity contribution >= 4 is 43.2 Å². The van der Waals surface area contributed by atoms with E-state index < -0.39 is 22.5 Å². The molecule has 0 aliphatic carbocycles. The maximum absolute atomic E-state index is 13.4. The molecule has 0 fully saturated rings. The van der Waals surface area contributed by atoms with Crippen molar-refractivity contribution in [2.45, 2.75) is 18.7 Å². The second-order valence-corrected chi connectivity index (χ2v) is 9.56. The lowest BCUT2D eigenvalue weighted by Crippen LogP contribution is -2.38. The highest BCUT2D eigenvalue weighted by molar-refractivity contribution is 9.10. The summed E-state index contributed by atoms with van der Waals surface area (Å²) in [5.41, 5.74) is 1.80. The molecule has 0 aromatic heterocycles. The van der Waals surface area contributed by atoms with Gasteiger partial charge in [0, 0.05) is 4.47 Å². The topological polar surface area (TPSA) is 75.7 Å². The Hall–Kier alpha value is -2.84. The molecule has 31 heavy (non-hydrogen) atoms. The van der Waals surface area contributed by atoms with E-state index in [2.05, 4.69) is 21.2 Å². The van der Waals surface area contributed by atoms with Crippen LogP contribution in [0, 0.1) is 6.92 Å². The normalized spacial score (nSPS) is 11.1. The number of hydrogen-bond acceptors (Lipinski definition) is 4. The van der Waals surface area contributed by atoms with Gasteiger partial charge in [-0.15, -0.1) is 0 Å². The molecule has 3 aromatic rings. The summed E-state index contributed by atoms with van der Waals surface area (Å²) in [6.45, 7) is 3.78. The van der Waals surface area contributed by atoms with Crippen LogP contribution >= 0.6 is 15.9 Å². The van der Waals surface area contributed by atoms with Crippen LogP contribution in [-0.2, 0) is 14.8 Å². The van der Waals surface area contributed by atoms with Crippen molar-refractivity contribution in [1.29, 1.82) is 0 Å². The number of rotatable bonds is 8. The zero-order valence-electron chi connectivity index (χ0n) is 17.2. The second kappa shape index (κ2) is 9.98. The fourth-order valence-corrected chi connectivity index (χ4v) is 4.76. The molecule has 0 unspecified atom stereocenters. The maximum Gasteiger partial charge on any atom is 0.264 e. The molecule has 0 bridgehead atoms. The van der Waals surface area contributed by atoms with E-state index in [0.717, 1.165) is 9.87 Å². The summed E-state index contributed by atoms with van der Waals surface area (Å²) in [6, 6.07) is 20.4. The minimum Gasteiger partial charge on any atom is -0.492 e. The Kier molecular flexibility index (Phi) is 7.35. The number of anilines is 2. The molecule has 1 N–H and O–H groups in total. The molecule has 3 rings (SSSR count). The molecule has 3 aromatic carbocycles. The number of carbonyl (C=O) groups is 1. The van der Waals surface area contributed by atoms with E-state index in [1.54, 1.807) is 60.7 Å². The van der Waals surface area contributed by atoms with Gasteiger partial charge in [0.1, 0.15) is 12.3 Å². The van der Waals surface area contributed by atoms with Gasteiger partial charge >= 0.3 is 0 Å². The average Bonchev–Trinajstić information content (AvgIpc) is 2.74. The van der Waals surface area contributed by atoms with Gasteiger partial charge in [0.25, 0.3) is 10.0 Å². The van der Waals surface area contributed by atoms with Crippen LogP contribution in [0.25, 0.3) is 0 Å². The Morgan fingerprint density at radius 2 is 1.74 bits per heavy atom. The average molecular weight is 503 g/mol. The zero-order valence-corrected chi connectivity index (χ0v) is 19.6. The largest absolute Gasteiger partial charge is 0.492 e. The van der Waals surface area contributed by atoms with E-state index in [-0.39, 0.29) is 4.90 Å². The van der Waals surface area contributed by atoms with Gasteiger partial charge in [-0.05, 0) is 56.3 Å². The van der Waals surface area contributed by atoms with Gasteiger partial charge in [-0.25, -0.2) is 8.42 Å². The summed E-state index contributed by atoms with van der Waals surface area (Å²) in [6.07, 6.45) is 0. The molecule has 0 saturated heterocycles. The number of sulfonamides is 1. The molecule has 162 valence electrons. The zero-order chi connectivity index (χ0) is 22.4. The maximum atomic E-state index is 13.4. The number of benzene rings is 3. The van der Waals surface area contributed by atoms with Crippen molar-refractivity contribution in [1.82, 2.24) is 0 Å². The Balaban J connectivity index is 1.94. The molecule has 0 spiro atoms. The van der Waals surface area contributed by atoms with Crippen molar-refractivity contribution < 1.29 is 17.9 Å². The standard InChI is InChI=1S/C23H23BrN2O4S/c1-3-30-22-10-5-4-9-21(22)25-23(27)16-26(19-8-6-7-18(24)15-19)31(28,29)20-13-11-17(2)12-14-20/h4-15H,3,16H2,1-2H3,(H,25,27). The first kappa shape index (κ1) is 22.8. The number of halogens is 1. The molecule has 0 atom stereocenters. The van der Waals surface area contributed by atoms with Crippen LogP contribution in [0.1, 0.15) is 12.5 Å². The first-order valence-corrected chi connectivity index (χ1v) is 11.9. The lowest BCUT2D eigenvalue weighted by atomic mass is 10.2. The SMILES string of the molecule is CCOc1ccccc1NC(=O)CN(c1cccc(Br)c1)S(=O)(=O)c1ccc(C)cc1. The quantitative estimate of drug-likeness (QED) is 0.470. The monoisotopic (exact) mass is 502 g/mol. The Labute approximate surface area is 191 Å². The number of carbonyl (C=O) groups excluding carboxylic acids is 1. The van der Waals surface area contributed by atoms with Gasteiger partial charge in [0.15, 0.2) is 0 Å². The number of nitrogens with zero attached hydrogens (tertiary/aromatic N) is 1. The van der Waals surface area contributed by atoms with E-state index in [4.69, 9.17) is 4.74 Å². The summed E-state index contributed by atoms with van der Waals surface area (Å²) in [4.78, 5) is 13.0. The van der Waals surface area contributed by atoms with Crippen LogP contribution in [-0.4, -0.2) is 27.5 Å².